The molecule has 0 saturated carbocycles. The summed E-state index contributed by atoms with van der Waals surface area (Å²) in [6.07, 6.45) is 9.38. The summed E-state index contributed by atoms with van der Waals surface area (Å²) in [4.78, 5) is 44.7. The van der Waals surface area contributed by atoms with Crippen molar-refractivity contribution in [3.05, 3.63) is 47.4 Å². The van der Waals surface area contributed by atoms with Gasteiger partial charge in [0.1, 0.15) is 35.0 Å². The number of amides is 1. The van der Waals surface area contributed by atoms with E-state index in [0.29, 0.717) is 39.6 Å². The fourth-order valence-electron chi connectivity index (χ4n) is 6.01. The molecule has 2 aliphatic heterocycles. The fourth-order valence-corrected chi connectivity index (χ4v) is 7.91. The molecule has 2 fully saturated rings. The minimum Gasteiger partial charge on any atom is -0.452 e. The summed E-state index contributed by atoms with van der Waals surface area (Å²) in [5.74, 6) is -1.03. The lowest BCUT2D eigenvalue weighted by molar-refractivity contribution is 0.0457. The molecule has 0 aromatic carbocycles. The lowest BCUT2D eigenvalue weighted by Gasteiger charge is -2.38. The molecule has 0 spiro atoms. The molecule has 0 aliphatic carbocycles. The number of hydrogen-bond acceptors (Lipinski definition) is 14. The molecule has 1 amide bonds. The second-order valence-electron chi connectivity index (χ2n) is 10.4. The number of carbonyl (C=O) groups excluding carboxylic acids is 2. The second kappa shape index (κ2) is 10.2. The van der Waals surface area contributed by atoms with Gasteiger partial charge in [-0.3, -0.25) is 15.0 Å². The van der Waals surface area contributed by atoms with E-state index in [9.17, 15) is 18.0 Å². The number of ether oxygens (including phenoxy) is 1. The Kier molecular flexibility index (Phi) is 6.42. The maximum atomic E-state index is 13.1. The zero-order chi connectivity index (χ0) is 29.9. The molecule has 2 aliphatic rings. The van der Waals surface area contributed by atoms with Gasteiger partial charge in [0.15, 0.2) is 15.5 Å². The summed E-state index contributed by atoms with van der Waals surface area (Å²) in [5, 5.41) is 17.4. The number of esters is 1. The van der Waals surface area contributed by atoms with Gasteiger partial charge in [0.05, 0.1) is 22.3 Å². The topological polar surface area (TPSA) is 233 Å². The molecular formula is C24H24N12O5S2. The SMILES string of the molecule is CS(=O)(=O)c1c(C2CC3CCC(C2)N3C(=O)c2ncn[nH]2)nc2c(-c3cnc(COC(=O)c4ncn[nH]4)s3)cnn2c1N. The van der Waals surface area contributed by atoms with Crippen LogP contribution in [-0.4, -0.2) is 93.5 Å². The number of rotatable bonds is 7. The Labute approximate surface area is 246 Å². The van der Waals surface area contributed by atoms with E-state index in [1.807, 2.05) is 4.90 Å². The van der Waals surface area contributed by atoms with Crippen molar-refractivity contribution in [2.45, 2.75) is 55.2 Å². The van der Waals surface area contributed by atoms with Gasteiger partial charge in [0.2, 0.25) is 11.6 Å². The third-order valence-corrected chi connectivity index (χ3v) is 9.92. The van der Waals surface area contributed by atoms with Crippen LogP contribution < -0.4 is 5.73 Å². The number of fused-ring (bicyclic) bond motifs is 3. The van der Waals surface area contributed by atoms with Crippen LogP contribution in [0.4, 0.5) is 5.82 Å². The summed E-state index contributed by atoms with van der Waals surface area (Å²) in [5.41, 5.74) is 7.81. The van der Waals surface area contributed by atoms with Crippen LogP contribution in [0.2, 0.25) is 0 Å². The summed E-state index contributed by atoms with van der Waals surface area (Å²) < 4.78 is 32.7. The van der Waals surface area contributed by atoms with Gasteiger partial charge in [-0.2, -0.15) is 19.8 Å². The predicted molar refractivity (Wildman–Crippen MR) is 148 cm³/mol. The van der Waals surface area contributed by atoms with Crippen LogP contribution in [-0.2, 0) is 21.2 Å². The van der Waals surface area contributed by atoms with E-state index in [-0.39, 0.29) is 52.9 Å². The number of sulfone groups is 1. The number of hydrogen-bond donors (Lipinski definition) is 3. The molecule has 0 radical (unpaired) electrons. The molecule has 2 atom stereocenters. The average molecular weight is 625 g/mol. The number of H-pyrrole nitrogens is 2. The van der Waals surface area contributed by atoms with Crippen LogP contribution >= 0.6 is 11.3 Å². The Hall–Kier alpha value is -4.78. The van der Waals surface area contributed by atoms with Crippen molar-refractivity contribution >= 4 is 44.5 Å². The number of aromatic nitrogens is 10. The molecule has 17 nitrogen and oxygen atoms in total. The van der Waals surface area contributed by atoms with E-state index in [0.717, 1.165) is 19.1 Å². The van der Waals surface area contributed by atoms with Gasteiger partial charge in [-0.25, -0.2) is 33.1 Å². The van der Waals surface area contributed by atoms with Crippen molar-refractivity contribution in [2.75, 3.05) is 12.0 Å². The normalized spacial score (nSPS) is 20.1. The first kappa shape index (κ1) is 27.1. The molecule has 7 rings (SSSR count). The summed E-state index contributed by atoms with van der Waals surface area (Å²) in [7, 11) is -3.79. The lowest BCUT2D eigenvalue weighted by Crippen LogP contribution is -2.46. The highest BCUT2D eigenvalue weighted by Gasteiger charge is 2.46. The standard InChI is InChI=1S/C24H24N12O5S2/c1-43(39,40)18-17(11-4-12-2-3-13(5-11)35(12)23(37)20-27-9-29-33-20)32-22-14(6-31-36(22)19(18)25)15-7-26-16(42-15)8-41-24(38)21-28-10-30-34-21/h6-7,9-13H,2-5,8,25H2,1H3,(H,27,29,33)(H,28,30,34). The Balaban J connectivity index is 1.21. The molecule has 43 heavy (non-hydrogen) atoms. The van der Waals surface area contributed by atoms with Gasteiger partial charge in [-0.15, -0.1) is 11.3 Å². The first-order chi connectivity index (χ1) is 20.7. The van der Waals surface area contributed by atoms with Crippen molar-refractivity contribution in [2.24, 2.45) is 0 Å². The van der Waals surface area contributed by atoms with Crippen LogP contribution in [0.5, 0.6) is 0 Å². The van der Waals surface area contributed by atoms with E-state index in [4.69, 9.17) is 15.5 Å². The molecule has 5 aromatic heterocycles. The Morgan fingerprint density at radius 3 is 2.42 bits per heavy atom. The Bertz CT molecular complexity index is 1940. The monoisotopic (exact) mass is 624 g/mol. The third-order valence-electron chi connectivity index (χ3n) is 7.76. The Morgan fingerprint density at radius 1 is 1.07 bits per heavy atom. The molecule has 2 unspecified atom stereocenters. The highest BCUT2D eigenvalue weighted by Crippen LogP contribution is 2.45. The van der Waals surface area contributed by atoms with Crippen molar-refractivity contribution in [3.63, 3.8) is 0 Å². The van der Waals surface area contributed by atoms with Crippen molar-refractivity contribution < 1.29 is 22.7 Å². The second-order valence-corrected chi connectivity index (χ2v) is 13.5. The number of nitrogens with zero attached hydrogens (tertiary/aromatic N) is 9. The number of thiazole rings is 1. The molecule has 5 aromatic rings. The van der Waals surface area contributed by atoms with Crippen molar-refractivity contribution in [1.82, 2.24) is 54.8 Å². The Morgan fingerprint density at radius 2 is 1.77 bits per heavy atom. The van der Waals surface area contributed by atoms with Gasteiger partial charge >= 0.3 is 5.97 Å². The summed E-state index contributed by atoms with van der Waals surface area (Å²) in [6, 6.07) is -0.220. The average Bonchev–Trinajstić information content (AvgIpc) is 3.80. The van der Waals surface area contributed by atoms with Gasteiger partial charge in [-0.05, 0) is 25.7 Å². The number of carbonyl (C=O) groups is 2. The quantitative estimate of drug-likeness (QED) is 0.215. The van der Waals surface area contributed by atoms with E-state index < -0.39 is 15.8 Å². The molecule has 7 heterocycles. The zero-order valence-corrected chi connectivity index (χ0v) is 24.2. The van der Waals surface area contributed by atoms with Crippen molar-refractivity contribution in [3.8, 4) is 10.4 Å². The summed E-state index contributed by atoms with van der Waals surface area (Å²) >= 11 is 1.27. The number of nitrogen functional groups attached to an aromatic ring is 1. The van der Waals surface area contributed by atoms with Crippen LogP contribution in [0.1, 0.15) is 63.5 Å². The zero-order valence-electron chi connectivity index (χ0n) is 22.5. The number of aromatic amines is 2. The van der Waals surface area contributed by atoms with Crippen molar-refractivity contribution in [1.29, 1.82) is 0 Å². The lowest BCUT2D eigenvalue weighted by atomic mass is 9.87. The number of anilines is 1. The van der Waals surface area contributed by atoms with Crippen LogP contribution in [0.15, 0.2) is 29.9 Å². The first-order valence-electron chi connectivity index (χ1n) is 13.2. The largest absolute Gasteiger partial charge is 0.452 e. The maximum Gasteiger partial charge on any atom is 0.376 e. The minimum atomic E-state index is -3.79. The summed E-state index contributed by atoms with van der Waals surface area (Å²) in [6.45, 7) is -0.0867. The number of nitrogens with one attached hydrogen (secondary N) is 2. The smallest absolute Gasteiger partial charge is 0.376 e. The number of piperidine rings is 1. The highest BCUT2D eigenvalue weighted by molar-refractivity contribution is 7.91. The molecule has 2 saturated heterocycles. The van der Waals surface area contributed by atoms with Crippen LogP contribution in [0.3, 0.4) is 0 Å². The van der Waals surface area contributed by atoms with E-state index >= 15 is 0 Å². The fraction of sp³-hybridized carbons (Fsp3) is 0.375. The molecular weight excluding hydrogens is 600 g/mol. The van der Waals surface area contributed by atoms with E-state index in [2.05, 4.69) is 40.4 Å². The van der Waals surface area contributed by atoms with Gasteiger partial charge in [0, 0.05) is 30.5 Å². The molecule has 2 bridgehead atoms. The highest BCUT2D eigenvalue weighted by atomic mass is 32.2. The predicted octanol–water partition coefficient (Wildman–Crippen LogP) is 0.982. The molecule has 4 N–H and O–H groups in total. The maximum absolute atomic E-state index is 13.1. The molecule has 19 heteroatoms. The van der Waals surface area contributed by atoms with Gasteiger partial charge < -0.3 is 15.4 Å². The first-order valence-corrected chi connectivity index (χ1v) is 15.9. The van der Waals surface area contributed by atoms with E-state index in [1.165, 1.54) is 28.5 Å². The van der Waals surface area contributed by atoms with E-state index in [1.54, 1.807) is 12.4 Å². The minimum absolute atomic E-state index is 0.0186. The number of nitrogens with two attached hydrogens (primary N) is 1. The van der Waals surface area contributed by atoms with Crippen LogP contribution in [0.25, 0.3) is 16.1 Å². The van der Waals surface area contributed by atoms with Gasteiger partial charge in [-0.1, -0.05) is 0 Å². The molecule has 222 valence electrons. The third kappa shape index (κ3) is 4.69. The van der Waals surface area contributed by atoms with Gasteiger partial charge in [0.25, 0.3) is 5.91 Å². The van der Waals surface area contributed by atoms with Crippen LogP contribution in [0, 0.1) is 0 Å².